The van der Waals surface area contributed by atoms with E-state index in [1.54, 1.807) is 13.0 Å². The number of aryl methyl sites for hydroxylation is 2. The molecule has 1 amide bonds. The topological polar surface area (TPSA) is 115 Å². The highest BCUT2D eigenvalue weighted by Crippen LogP contribution is 2.41. The van der Waals surface area contributed by atoms with Gasteiger partial charge >= 0.3 is 0 Å². The number of nitrogens with zero attached hydrogens (tertiary/aromatic N) is 8. The summed E-state index contributed by atoms with van der Waals surface area (Å²) >= 11 is 0. The fourth-order valence-corrected chi connectivity index (χ4v) is 5.41. The van der Waals surface area contributed by atoms with Crippen LogP contribution in [0.1, 0.15) is 61.5 Å². The quantitative estimate of drug-likeness (QED) is 0.459. The number of rotatable bonds is 4. The van der Waals surface area contributed by atoms with E-state index in [-0.39, 0.29) is 5.91 Å². The van der Waals surface area contributed by atoms with Gasteiger partial charge in [0.2, 0.25) is 17.6 Å². The van der Waals surface area contributed by atoms with Gasteiger partial charge in [0.05, 0.1) is 11.8 Å². The van der Waals surface area contributed by atoms with E-state index in [9.17, 15) is 4.79 Å². The Labute approximate surface area is 230 Å². The Balaban J connectivity index is 0.000000662. The first-order valence-corrected chi connectivity index (χ1v) is 13.5. The Morgan fingerprint density at radius 3 is 2.51 bits per heavy atom. The predicted molar refractivity (Wildman–Crippen MR) is 148 cm³/mol. The van der Waals surface area contributed by atoms with E-state index >= 15 is 0 Å². The van der Waals surface area contributed by atoms with Crippen molar-refractivity contribution in [2.75, 3.05) is 31.1 Å². The number of piperazine rings is 1. The molecular formula is C29H36N8O2. The Bertz CT molecular complexity index is 1350. The molecule has 3 aromatic rings. The molecule has 0 N–H and O–H groups in total. The average molecular weight is 529 g/mol. The zero-order chi connectivity index (χ0) is 27.9. The maximum atomic E-state index is 12.1. The van der Waals surface area contributed by atoms with Crippen molar-refractivity contribution >= 4 is 11.7 Å². The van der Waals surface area contributed by atoms with E-state index < -0.39 is 0 Å². The molecule has 0 radical (unpaired) electrons. The maximum Gasteiger partial charge on any atom is 0.285 e. The van der Waals surface area contributed by atoms with Gasteiger partial charge in [-0.05, 0) is 30.0 Å². The van der Waals surface area contributed by atoms with Crippen LogP contribution in [0.2, 0.25) is 0 Å². The van der Waals surface area contributed by atoms with Crippen LogP contribution in [0.3, 0.4) is 0 Å². The van der Waals surface area contributed by atoms with Gasteiger partial charge in [-0.3, -0.25) is 9.69 Å². The van der Waals surface area contributed by atoms with Gasteiger partial charge in [0.15, 0.2) is 0 Å². The van der Waals surface area contributed by atoms with Crippen LogP contribution in [0.25, 0.3) is 11.7 Å². The molecule has 1 aromatic carbocycles. The molecule has 2 aromatic heterocycles. The number of aromatic nitrogens is 4. The minimum absolute atomic E-state index is 0.0272. The van der Waals surface area contributed by atoms with Crippen LogP contribution in [0, 0.1) is 18.3 Å². The second-order valence-corrected chi connectivity index (χ2v) is 9.32. The molecule has 0 saturated carbocycles. The molecule has 6 rings (SSSR count). The molecule has 1 unspecified atom stereocenters. The van der Waals surface area contributed by atoms with Crippen molar-refractivity contribution in [3.05, 3.63) is 65.2 Å². The zero-order valence-corrected chi connectivity index (χ0v) is 23.2. The molecule has 0 spiro atoms. The summed E-state index contributed by atoms with van der Waals surface area (Å²) in [4.78, 5) is 28.4. The van der Waals surface area contributed by atoms with Crippen LogP contribution in [0.15, 0.2) is 41.3 Å². The first-order valence-electron chi connectivity index (χ1n) is 13.5. The lowest BCUT2D eigenvalue weighted by Crippen LogP contribution is -2.48. The Hall–Kier alpha value is -4.10. The summed E-state index contributed by atoms with van der Waals surface area (Å²) in [6, 6.07) is 10.9. The van der Waals surface area contributed by atoms with E-state index in [1.807, 2.05) is 18.7 Å². The normalized spacial score (nSPS) is 17.7. The van der Waals surface area contributed by atoms with E-state index in [4.69, 9.17) is 19.6 Å². The third kappa shape index (κ3) is 5.83. The van der Waals surface area contributed by atoms with Gasteiger partial charge in [0.25, 0.3) is 5.89 Å². The zero-order valence-electron chi connectivity index (χ0n) is 23.2. The van der Waals surface area contributed by atoms with Gasteiger partial charge in [-0.15, -0.1) is 10.2 Å². The van der Waals surface area contributed by atoms with Gasteiger partial charge < -0.3 is 14.2 Å². The summed E-state index contributed by atoms with van der Waals surface area (Å²) in [7, 11) is 0. The van der Waals surface area contributed by atoms with E-state index in [0.717, 1.165) is 43.0 Å². The summed E-state index contributed by atoms with van der Waals surface area (Å²) < 4.78 is 5.66. The second-order valence-electron chi connectivity index (χ2n) is 9.32. The highest BCUT2D eigenvalue weighted by Gasteiger charge is 2.36. The Morgan fingerprint density at radius 2 is 1.85 bits per heavy atom. The van der Waals surface area contributed by atoms with Crippen molar-refractivity contribution in [3.8, 4) is 17.8 Å². The molecule has 4 heterocycles. The van der Waals surface area contributed by atoms with Gasteiger partial charge in [-0.1, -0.05) is 44.7 Å². The number of nitriles is 1. The predicted octanol–water partition coefficient (Wildman–Crippen LogP) is 4.23. The first-order chi connectivity index (χ1) is 19.0. The van der Waals surface area contributed by atoms with Gasteiger partial charge in [0, 0.05) is 64.7 Å². The van der Waals surface area contributed by atoms with Crippen LogP contribution >= 0.6 is 0 Å². The van der Waals surface area contributed by atoms with E-state index in [2.05, 4.69) is 50.8 Å². The number of carbonyl (C=O) groups excluding carboxylic acids is 1. The number of hydrogen-bond acceptors (Lipinski definition) is 9. The molecule has 1 saturated heterocycles. The average Bonchev–Trinajstić information content (AvgIpc) is 3.71. The van der Waals surface area contributed by atoms with Crippen LogP contribution < -0.4 is 4.90 Å². The molecule has 10 heteroatoms. The van der Waals surface area contributed by atoms with Crippen LogP contribution in [0.4, 0.5) is 5.82 Å². The van der Waals surface area contributed by atoms with Crippen molar-refractivity contribution in [3.63, 3.8) is 0 Å². The monoisotopic (exact) mass is 528 g/mol. The number of anilines is 1. The second kappa shape index (κ2) is 12.6. The van der Waals surface area contributed by atoms with Gasteiger partial charge in [-0.25, -0.2) is 9.97 Å². The number of fused-ring (bicyclic) bond motifs is 2. The van der Waals surface area contributed by atoms with Crippen molar-refractivity contribution in [2.24, 2.45) is 0 Å². The smallest absolute Gasteiger partial charge is 0.285 e. The number of amides is 1. The number of carbonyl (C=O) groups is 1. The molecule has 1 aliphatic carbocycles. The molecule has 10 nitrogen and oxygen atoms in total. The lowest BCUT2D eigenvalue weighted by Gasteiger charge is -2.35. The molecule has 39 heavy (non-hydrogen) atoms. The van der Waals surface area contributed by atoms with Crippen molar-refractivity contribution < 1.29 is 9.21 Å². The molecule has 0 bridgehead atoms. The fourth-order valence-electron chi connectivity index (χ4n) is 5.41. The molecule has 1 fully saturated rings. The number of hydrogen-bond donors (Lipinski definition) is 0. The molecule has 204 valence electrons. The van der Waals surface area contributed by atoms with Crippen molar-refractivity contribution in [1.82, 2.24) is 30.0 Å². The largest absolute Gasteiger partial charge is 0.418 e. The lowest BCUT2D eigenvalue weighted by molar-refractivity contribution is -0.126. The third-order valence-electron chi connectivity index (χ3n) is 7.11. The Morgan fingerprint density at radius 1 is 1.13 bits per heavy atom. The van der Waals surface area contributed by atoms with E-state index in [0.29, 0.717) is 49.8 Å². The summed E-state index contributed by atoms with van der Waals surface area (Å²) in [6.45, 7) is 15.1. The highest BCUT2D eigenvalue weighted by molar-refractivity contribution is 5.87. The van der Waals surface area contributed by atoms with Gasteiger partial charge in [0.1, 0.15) is 5.82 Å². The van der Waals surface area contributed by atoms with E-state index in [1.165, 1.54) is 24.1 Å². The van der Waals surface area contributed by atoms with Crippen LogP contribution in [-0.4, -0.2) is 62.1 Å². The Kier molecular flexibility index (Phi) is 9.04. The summed E-state index contributed by atoms with van der Waals surface area (Å²) in [5.74, 6) is 2.18. The molecular weight excluding hydrogens is 492 g/mol. The lowest BCUT2D eigenvalue weighted by atomic mass is 10.1. The standard InChI is InChI=1S/C25H27N7O2.C2H3N.C2H6/c1-3-22(33)30-10-12-31(13-11-30)24-19-14-32(21-9-8-17-6-4-5-7-18(17)21)15-20(19)26-23(27-24)25-29-28-16(2)34-25;1-2-3;1-2/h3-7,21H,1,8-15H2,2H3;1H3;1-2H3. The SMILES string of the molecule is C=CC(=O)N1CCN(c2nc(-c3nnc(C)o3)nc3c2CN(C2CCc4ccccc42)C3)CC1.CC.CC#N. The minimum atomic E-state index is -0.0272. The van der Waals surface area contributed by atoms with Gasteiger partial charge in [-0.2, -0.15) is 5.26 Å². The first kappa shape index (κ1) is 27.9. The maximum absolute atomic E-state index is 12.1. The summed E-state index contributed by atoms with van der Waals surface area (Å²) in [5, 5.41) is 15.4. The molecule has 2 aliphatic heterocycles. The molecule has 3 aliphatic rings. The van der Waals surface area contributed by atoms with Crippen LogP contribution in [0.5, 0.6) is 0 Å². The summed E-state index contributed by atoms with van der Waals surface area (Å²) in [5.41, 5.74) is 5.05. The van der Waals surface area contributed by atoms with Crippen LogP contribution in [-0.2, 0) is 24.3 Å². The van der Waals surface area contributed by atoms with Crippen molar-refractivity contribution in [1.29, 1.82) is 5.26 Å². The minimum Gasteiger partial charge on any atom is -0.418 e. The summed E-state index contributed by atoms with van der Waals surface area (Å²) in [6.07, 6.45) is 3.61. The third-order valence-corrected chi connectivity index (χ3v) is 7.11. The number of benzene rings is 1. The highest BCUT2D eigenvalue weighted by atomic mass is 16.4. The van der Waals surface area contributed by atoms with Crippen molar-refractivity contribution in [2.45, 2.75) is 59.7 Å². The fraction of sp³-hybridized carbons (Fsp3) is 0.448. The molecule has 1 atom stereocenters.